The van der Waals surface area contributed by atoms with Crippen LogP contribution in [0.25, 0.3) is 10.6 Å². The first-order valence-corrected chi connectivity index (χ1v) is 13.3. The minimum absolute atomic E-state index is 0.00953. The fraction of sp³-hybridized carbons (Fsp3) is 0.429. The highest BCUT2D eigenvalue weighted by atomic mass is 32.1. The van der Waals surface area contributed by atoms with E-state index in [0.29, 0.717) is 17.2 Å². The number of thiophene rings is 1. The summed E-state index contributed by atoms with van der Waals surface area (Å²) >= 11 is 1.32. The molecule has 3 heterocycles. The second-order valence-electron chi connectivity index (χ2n) is 10.8. The van der Waals surface area contributed by atoms with Crippen LogP contribution in [-0.4, -0.2) is 52.1 Å². The van der Waals surface area contributed by atoms with Gasteiger partial charge >= 0.3 is 5.97 Å². The Kier molecular flexibility index (Phi) is 7.94. The molecule has 1 fully saturated rings. The number of anilines is 1. The first-order chi connectivity index (χ1) is 17.5. The maximum atomic E-state index is 13.0. The molecule has 2 aromatic heterocycles. The number of benzene rings is 1. The van der Waals surface area contributed by atoms with Gasteiger partial charge in [-0.1, -0.05) is 30.3 Å². The average molecular weight is 522 g/mol. The van der Waals surface area contributed by atoms with Gasteiger partial charge in [-0.3, -0.25) is 4.79 Å². The topological polar surface area (TPSA) is 105 Å². The van der Waals surface area contributed by atoms with E-state index in [1.807, 2.05) is 42.5 Å². The van der Waals surface area contributed by atoms with Gasteiger partial charge in [0.05, 0.1) is 22.6 Å². The van der Waals surface area contributed by atoms with Crippen molar-refractivity contribution in [2.75, 3.05) is 12.4 Å². The number of nitrogens with zero attached hydrogens (tertiary/aromatic N) is 2. The van der Waals surface area contributed by atoms with Crippen molar-refractivity contribution >= 4 is 29.2 Å². The van der Waals surface area contributed by atoms with Gasteiger partial charge in [-0.15, -0.1) is 11.3 Å². The van der Waals surface area contributed by atoms with Crippen LogP contribution in [0.15, 0.2) is 54.7 Å². The molecule has 196 valence electrons. The minimum atomic E-state index is -0.779. The molecule has 3 aromatic rings. The fourth-order valence-corrected chi connectivity index (χ4v) is 6.06. The van der Waals surface area contributed by atoms with Crippen molar-refractivity contribution in [3.8, 4) is 10.6 Å². The standard InChI is InChI=1S/C28H35N5O3S/c1-27(2)16-19(17-28(3,4)33-27)30-26-29-14-13-20(32-26)22-11-12-23(37-22)24(34)31-21(25(35)36-5)15-18-9-7-6-8-10-18/h6-14,19,21,33H,15-17H2,1-5H3,(H,31,34)(H,29,30,32)/t21-/m0/s1. The van der Waals surface area contributed by atoms with Crippen LogP contribution in [0.4, 0.5) is 5.95 Å². The van der Waals surface area contributed by atoms with E-state index < -0.39 is 12.0 Å². The van der Waals surface area contributed by atoms with Crippen LogP contribution in [0.2, 0.25) is 0 Å². The maximum Gasteiger partial charge on any atom is 0.328 e. The first-order valence-electron chi connectivity index (χ1n) is 12.5. The molecular formula is C28H35N5O3S. The molecule has 0 spiro atoms. The molecule has 8 nitrogen and oxygen atoms in total. The van der Waals surface area contributed by atoms with Gasteiger partial charge in [0, 0.05) is 29.7 Å². The summed E-state index contributed by atoms with van der Waals surface area (Å²) in [6.45, 7) is 8.84. The molecule has 1 atom stereocenters. The van der Waals surface area contributed by atoms with Crippen LogP contribution in [-0.2, 0) is 16.0 Å². The summed E-state index contributed by atoms with van der Waals surface area (Å²) in [6, 6.07) is 14.4. The quantitative estimate of drug-likeness (QED) is 0.376. The van der Waals surface area contributed by atoms with Gasteiger partial charge in [0.25, 0.3) is 5.91 Å². The molecule has 0 unspecified atom stereocenters. The van der Waals surface area contributed by atoms with Gasteiger partial charge < -0.3 is 20.7 Å². The van der Waals surface area contributed by atoms with Gasteiger partial charge in [0.15, 0.2) is 0 Å². The lowest BCUT2D eigenvalue weighted by Gasteiger charge is -2.46. The highest BCUT2D eigenvalue weighted by molar-refractivity contribution is 7.17. The Hall–Kier alpha value is -3.30. The predicted molar refractivity (Wildman–Crippen MR) is 147 cm³/mol. The molecule has 0 radical (unpaired) electrons. The fourth-order valence-electron chi connectivity index (χ4n) is 5.18. The molecule has 4 rings (SSSR count). The number of methoxy groups -OCH3 is 1. The largest absolute Gasteiger partial charge is 0.467 e. The Morgan fingerprint density at radius 3 is 2.46 bits per heavy atom. The van der Waals surface area contributed by atoms with Crippen molar-refractivity contribution in [1.29, 1.82) is 0 Å². The first kappa shape index (κ1) is 26.8. The minimum Gasteiger partial charge on any atom is -0.467 e. The zero-order chi connectivity index (χ0) is 26.6. The van der Waals surface area contributed by atoms with Gasteiger partial charge in [-0.05, 0) is 64.3 Å². The van der Waals surface area contributed by atoms with Crippen molar-refractivity contribution < 1.29 is 14.3 Å². The van der Waals surface area contributed by atoms with Gasteiger partial charge in [-0.25, -0.2) is 14.8 Å². The molecule has 0 aliphatic carbocycles. The van der Waals surface area contributed by atoms with Crippen molar-refractivity contribution in [2.24, 2.45) is 0 Å². The Labute approximate surface area is 222 Å². The third-order valence-corrected chi connectivity index (χ3v) is 7.44. The Morgan fingerprint density at radius 1 is 1.08 bits per heavy atom. The van der Waals surface area contributed by atoms with Gasteiger partial charge in [0.1, 0.15) is 6.04 Å². The maximum absolute atomic E-state index is 13.0. The summed E-state index contributed by atoms with van der Waals surface area (Å²) in [5, 5.41) is 10.0. The number of carbonyl (C=O) groups is 2. The summed E-state index contributed by atoms with van der Waals surface area (Å²) < 4.78 is 4.92. The van der Waals surface area contributed by atoms with Crippen molar-refractivity contribution in [1.82, 2.24) is 20.6 Å². The number of hydrogen-bond acceptors (Lipinski definition) is 8. The molecule has 9 heteroatoms. The lowest BCUT2D eigenvalue weighted by atomic mass is 9.80. The van der Waals surface area contributed by atoms with E-state index in [0.717, 1.165) is 29.0 Å². The molecule has 1 amide bonds. The number of amides is 1. The molecule has 1 aromatic carbocycles. The number of ether oxygens (including phenoxy) is 1. The van der Waals surface area contributed by atoms with Crippen LogP contribution >= 0.6 is 11.3 Å². The third kappa shape index (κ3) is 7.14. The highest BCUT2D eigenvalue weighted by Crippen LogP contribution is 2.31. The normalized spacial score (nSPS) is 17.5. The van der Waals surface area contributed by atoms with Crippen molar-refractivity contribution in [3.63, 3.8) is 0 Å². The molecule has 37 heavy (non-hydrogen) atoms. The van der Waals surface area contributed by atoms with E-state index >= 15 is 0 Å². The SMILES string of the molecule is COC(=O)[C@H](Cc1ccccc1)NC(=O)c1ccc(-c2ccnc(NC3CC(C)(C)NC(C)(C)C3)n2)s1. The molecule has 1 saturated heterocycles. The highest BCUT2D eigenvalue weighted by Gasteiger charge is 2.37. The molecule has 3 N–H and O–H groups in total. The Morgan fingerprint density at radius 2 is 1.78 bits per heavy atom. The number of rotatable bonds is 8. The van der Waals surface area contributed by atoms with Crippen LogP contribution in [0.3, 0.4) is 0 Å². The summed E-state index contributed by atoms with van der Waals surface area (Å²) in [5.41, 5.74) is 1.69. The Balaban J connectivity index is 1.45. The molecular weight excluding hydrogens is 486 g/mol. The molecule has 0 bridgehead atoms. The molecule has 1 aliphatic rings. The zero-order valence-corrected chi connectivity index (χ0v) is 22.8. The summed E-state index contributed by atoms with van der Waals surface area (Å²) in [5.74, 6) is -0.233. The van der Waals surface area contributed by atoms with Gasteiger partial charge in [-0.2, -0.15) is 0 Å². The third-order valence-electron chi connectivity index (χ3n) is 6.33. The van der Waals surface area contributed by atoms with E-state index in [1.54, 1.807) is 12.3 Å². The van der Waals surface area contributed by atoms with Crippen molar-refractivity contribution in [3.05, 3.63) is 65.2 Å². The number of hydrogen-bond donors (Lipinski definition) is 3. The van der Waals surface area contributed by atoms with Crippen LogP contribution in [0.1, 0.15) is 55.8 Å². The van der Waals surface area contributed by atoms with Gasteiger partial charge in [0.2, 0.25) is 5.95 Å². The van der Waals surface area contributed by atoms with Crippen LogP contribution in [0.5, 0.6) is 0 Å². The van der Waals surface area contributed by atoms with E-state index in [2.05, 4.69) is 48.6 Å². The average Bonchev–Trinajstić information content (AvgIpc) is 3.32. The van der Waals surface area contributed by atoms with Crippen molar-refractivity contribution in [2.45, 2.75) is 70.1 Å². The number of nitrogens with one attached hydrogen (secondary N) is 3. The zero-order valence-electron chi connectivity index (χ0n) is 22.0. The number of esters is 1. The number of aromatic nitrogens is 2. The Bertz CT molecular complexity index is 1230. The van der Waals surface area contributed by atoms with E-state index in [9.17, 15) is 9.59 Å². The molecule has 0 saturated carbocycles. The second kappa shape index (κ2) is 11.0. The van der Waals surface area contributed by atoms with E-state index in [4.69, 9.17) is 9.72 Å². The lowest BCUT2D eigenvalue weighted by molar-refractivity contribution is -0.142. The predicted octanol–water partition coefficient (Wildman–Crippen LogP) is 4.44. The lowest BCUT2D eigenvalue weighted by Crippen LogP contribution is -2.60. The number of piperidine rings is 1. The summed E-state index contributed by atoms with van der Waals surface area (Å²) in [6.07, 6.45) is 3.99. The van der Waals surface area contributed by atoms with E-state index in [1.165, 1.54) is 18.4 Å². The monoisotopic (exact) mass is 521 g/mol. The summed E-state index contributed by atoms with van der Waals surface area (Å²) in [7, 11) is 1.32. The van der Waals surface area contributed by atoms with Crippen LogP contribution in [0, 0.1) is 0 Å². The van der Waals surface area contributed by atoms with Crippen LogP contribution < -0.4 is 16.0 Å². The smallest absolute Gasteiger partial charge is 0.328 e. The summed E-state index contributed by atoms with van der Waals surface area (Å²) in [4.78, 5) is 35.8. The number of carbonyl (C=O) groups excluding carboxylic acids is 2. The molecule has 1 aliphatic heterocycles. The van der Waals surface area contributed by atoms with E-state index in [-0.39, 0.29) is 23.0 Å². The second-order valence-corrected chi connectivity index (χ2v) is 11.9.